The fourth-order valence-corrected chi connectivity index (χ4v) is 2.58. The highest BCUT2D eigenvalue weighted by Crippen LogP contribution is 2.23. The van der Waals surface area contributed by atoms with Crippen molar-refractivity contribution in [3.05, 3.63) is 59.4 Å². The van der Waals surface area contributed by atoms with E-state index in [0.717, 1.165) is 16.7 Å². The Hall–Kier alpha value is -2.20. The minimum absolute atomic E-state index is 0.0280. The van der Waals surface area contributed by atoms with Crippen LogP contribution in [0.25, 0.3) is 11.1 Å². The molecule has 1 atom stereocenters. The smallest absolute Gasteiger partial charge is 0.257 e. The molecule has 0 aliphatic rings. The second-order valence-electron chi connectivity index (χ2n) is 6.46. The normalized spacial score (nSPS) is 12.3. The van der Waals surface area contributed by atoms with Gasteiger partial charge in [0, 0.05) is 12.6 Å². The third kappa shape index (κ3) is 4.20. The Morgan fingerprint density at radius 2 is 1.67 bits per heavy atom. The molecule has 0 aliphatic heterocycles. The van der Waals surface area contributed by atoms with E-state index in [2.05, 4.69) is 0 Å². The van der Waals surface area contributed by atoms with Gasteiger partial charge in [0.15, 0.2) is 0 Å². The van der Waals surface area contributed by atoms with Crippen molar-refractivity contribution >= 4 is 5.91 Å². The molecule has 1 amide bonds. The Morgan fingerprint density at radius 3 is 2.17 bits per heavy atom. The number of nitrogens with zero attached hydrogens (tertiary/aromatic N) is 1. The topological polar surface area (TPSA) is 40.5 Å². The number of hydrogen-bond acceptors (Lipinski definition) is 2. The lowest BCUT2D eigenvalue weighted by molar-refractivity contribution is 0.0574. The number of halogens is 1. The molecular formula is C20H24FNO2. The van der Waals surface area contributed by atoms with Gasteiger partial charge in [0.2, 0.25) is 0 Å². The molecule has 0 radical (unpaired) electrons. The van der Waals surface area contributed by atoms with Crippen LogP contribution in [0.3, 0.4) is 0 Å². The molecule has 0 saturated carbocycles. The quantitative estimate of drug-likeness (QED) is 0.899. The van der Waals surface area contributed by atoms with Crippen molar-refractivity contribution in [1.82, 2.24) is 4.90 Å². The Bertz CT molecular complexity index is 708. The second kappa shape index (κ2) is 7.58. The first kappa shape index (κ1) is 18.1. The van der Waals surface area contributed by atoms with Crippen LogP contribution in [0.5, 0.6) is 0 Å². The molecule has 0 aliphatic carbocycles. The van der Waals surface area contributed by atoms with Crippen LogP contribution in [-0.2, 0) is 0 Å². The van der Waals surface area contributed by atoms with Gasteiger partial charge in [-0.1, -0.05) is 35.9 Å². The van der Waals surface area contributed by atoms with Crippen LogP contribution in [-0.4, -0.2) is 34.6 Å². The van der Waals surface area contributed by atoms with Crippen molar-refractivity contribution in [2.45, 2.75) is 39.8 Å². The number of aliphatic hydroxyl groups excluding tert-OH is 1. The van der Waals surface area contributed by atoms with E-state index in [-0.39, 0.29) is 18.2 Å². The van der Waals surface area contributed by atoms with Gasteiger partial charge in [-0.15, -0.1) is 0 Å². The fourth-order valence-electron chi connectivity index (χ4n) is 2.58. The van der Waals surface area contributed by atoms with Gasteiger partial charge in [0.1, 0.15) is 5.82 Å². The molecule has 2 rings (SSSR count). The van der Waals surface area contributed by atoms with Crippen LogP contribution in [0.1, 0.15) is 36.7 Å². The predicted molar refractivity (Wildman–Crippen MR) is 94.4 cm³/mol. The first-order valence-electron chi connectivity index (χ1n) is 8.15. The van der Waals surface area contributed by atoms with E-state index < -0.39 is 17.8 Å². The zero-order valence-corrected chi connectivity index (χ0v) is 14.6. The van der Waals surface area contributed by atoms with E-state index in [4.69, 9.17) is 0 Å². The largest absolute Gasteiger partial charge is 0.392 e. The fraction of sp³-hybridized carbons (Fsp3) is 0.350. The van der Waals surface area contributed by atoms with Gasteiger partial charge < -0.3 is 10.0 Å². The van der Waals surface area contributed by atoms with Gasteiger partial charge in [-0.25, -0.2) is 4.39 Å². The summed E-state index contributed by atoms with van der Waals surface area (Å²) in [4.78, 5) is 14.1. The summed E-state index contributed by atoms with van der Waals surface area (Å²) in [6.45, 7) is 7.47. The number of aryl methyl sites for hydroxylation is 1. The molecule has 0 bridgehead atoms. The summed E-state index contributed by atoms with van der Waals surface area (Å²) in [6, 6.07) is 12.3. The molecule has 2 aromatic rings. The van der Waals surface area contributed by atoms with Crippen molar-refractivity contribution in [3.8, 4) is 11.1 Å². The Morgan fingerprint density at radius 1 is 1.08 bits per heavy atom. The number of carbonyl (C=O) groups excluding carboxylic acids is 1. The van der Waals surface area contributed by atoms with E-state index in [9.17, 15) is 14.3 Å². The van der Waals surface area contributed by atoms with Gasteiger partial charge >= 0.3 is 0 Å². The van der Waals surface area contributed by atoms with Crippen molar-refractivity contribution in [1.29, 1.82) is 0 Å². The number of carbonyl (C=O) groups is 1. The lowest BCUT2D eigenvalue weighted by Crippen LogP contribution is -2.41. The maximum Gasteiger partial charge on any atom is 0.257 e. The zero-order chi connectivity index (χ0) is 17.9. The third-order valence-corrected chi connectivity index (χ3v) is 3.93. The summed E-state index contributed by atoms with van der Waals surface area (Å²) in [7, 11) is 0. The highest BCUT2D eigenvalue weighted by Gasteiger charge is 2.23. The first-order valence-corrected chi connectivity index (χ1v) is 8.15. The molecule has 2 aromatic carbocycles. The van der Waals surface area contributed by atoms with Crippen LogP contribution in [0, 0.1) is 12.7 Å². The minimum atomic E-state index is -0.661. The van der Waals surface area contributed by atoms with E-state index in [0.29, 0.717) is 0 Å². The van der Waals surface area contributed by atoms with Crippen LogP contribution >= 0.6 is 0 Å². The van der Waals surface area contributed by atoms with Crippen LogP contribution < -0.4 is 0 Å². The van der Waals surface area contributed by atoms with E-state index in [1.54, 1.807) is 13.0 Å². The van der Waals surface area contributed by atoms with Crippen LogP contribution in [0.15, 0.2) is 42.5 Å². The lowest BCUT2D eigenvalue weighted by Gasteiger charge is -2.28. The highest BCUT2D eigenvalue weighted by molar-refractivity contribution is 5.95. The molecule has 0 unspecified atom stereocenters. The van der Waals surface area contributed by atoms with Gasteiger partial charge in [0.25, 0.3) is 5.91 Å². The highest BCUT2D eigenvalue weighted by atomic mass is 19.1. The zero-order valence-electron chi connectivity index (χ0n) is 14.6. The van der Waals surface area contributed by atoms with Gasteiger partial charge in [-0.2, -0.15) is 0 Å². The Kier molecular flexibility index (Phi) is 5.73. The van der Waals surface area contributed by atoms with Gasteiger partial charge in [-0.05, 0) is 51.0 Å². The molecule has 0 saturated heterocycles. The molecule has 24 heavy (non-hydrogen) atoms. The van der Waals surface area contributed by atoms with E-state index in [1.807, 2.05) is 45.0 Å². The van der Waals surface area contributed by atoms with Crippen molar-refractivity contribution in [2.24, 2.45) is 0 Å². The number of benzene rings is 2. The molecule has 1 N–H and O–H groups in total. The number of amides is 1. The van der Waals surface area contributed by atoms with Crippen LogP contribution in [0.4, 0.5) is 4.39 Å². The second-order valence-corrected chi connectivity index (χ2v) is 6.46. The van der Waals surface area contributed by atoms with Gasteiger partial charge in [0.05, 0.1) is 11.7 Å². The average Bonchev–Trinajstić information content (AvgIpc) is 2.52. The molecule has 0 spiro atoms. The van der Waals surface area contributed by atoms with Crippen molar-refractivity contribution in [3.63, 3.8) is 0 Å². The first-order chi connectivity index (χ1) is 11.3. The van der Waals surface area contributed by atoms with Gasteiger partial charge in [-0.3, -0.25) is 4.79 Å². The lowest BCUT2D eigenvalue weighted by atomic mass is 10.0. The van der Waals surface area contributed by atoms with Crippen molar-refractivity contribution < 1.29 is 14.3 Å². The third-order valence-electron chi connectivity index (χ3n) is 3.93. The van der Waals surface area contributed by atoms with E-state index in [1.165, 1.54) is 17.0 Å². The molecular weight excluding hydrogens is 305 g/mol. The summed E-state index contributed by atoms with van der Waals surface area (Å²) >= 11 is 0. The molecule has 4 heteroatoms. The van der Waals surface area contributed by atoms with Crippen molar-refractivity contribution in [2.75, 3.05) is 6.54 Å². The Labute approximate surface area is 142 Å². The van der Waals surface area contributed by atoms with E-state index >= 15 is 0 Å². The molecule has 3 nitrogen and oxygen atoms in total. The predicted octanol–water partition coefficient (Wildman–Crippen LogP) is 4.03. The number of aliphatic hydroxyl groups is 1. The SMILES string of the molecule is Cc1ccc(-c2ccc(C(=O)N(C[C@@H](C)O)C(C)C)c(F)c2)cc1. The summed E-state index contributed by atoms with van der Waals surface area (Å²) in [5.41, 5.74) is 2.80. The molecule has 0 aromatic heterocycles. The Balaban J connectivity index is 2.31. The minimum Gasteiger partial charge on any atom is -0.392 e. The maximum atomic E-state index is 14.5. The number of hydrogen-bond donors (Lipinski definition) is 1. The summed E-state index contributed by atoms with van der Waals surface area (Å²) in [5.74, 6) is -0.951. The van der Waals surface area contributed by atoms with Crippen LogP contribution in [0.2, 0.25) is 0 Å². The molecule has 128 valence electrons. The standard InChI is InChI=1S/C20H24FNO2/c1-13(2)22(12-15(4)23)20(24)18-10-9-17(11-19(18)21)16-7-5-14(3)6-8-16/h5-11,13,15,23H,12H2,1-4H3/t15-/m1/s1. The maximum absolute atomic E-state index is 14.5. The molecule has 0 heterocycles. The monoisotopic (exact) mass is 329 g/mol. The molecule has 0 fully saturated rings. The summed E-state index contributed by atoms with van der Waals surface area (Å²) < 4.78 is 14.5. The average molecular weight is 329 g/mol. The summed E-state index contributed by atoms with van der Waals surface area (Å²) in [5, 5.41) is 9.56. The summed E-state index contributed by atoms with van der Waals surface area (Å²) in [6.07, 6.45) is -0.661. The number of rotatable bonds is 5.